The number of nitrogens with one attached hydrogen (secondary N) is 1. The van der Waals surface area contributed by atoms with Crippen molar-refractivity contribution in [3.63, 3.8) is 0 Å². The molecule has 1 N–H and O–H groups in total. The average molecular weight is 358 g/mol. The Morgan fingerprint density at radius 3 is 2.80 bits per heavy atom. The second-order valence-electron chi connectivity index (χ2n) is 5.63. The van der Waals surface area contributed by atoms with Crippen LogP contribution in [0.5, 0.6) is 0 Å². The van der Waals surface area contributed by atoms with Crippen molar-refractivity contribution in [3.05, 3.63) is 82.2 Å². The molecular weight excluding hydrogens is 339 g/mol. The average Bonchev–Trinajstić information content (AvgIpc) is 3.28. The number of halogens is 1. The van der Waals surface area contributed by atoms with Gasteiger partial charge >= 0.3 is 6.03 Å². The van der Waals surface area contributed by atoms with Crippen molar-refractivity contribution in [3.8, 4) is 0 Å². The summed E-state index contributed by atoms with van der Waals surface area (Å²) in [5, 5.41) is 4.89. The Labute approximate surface area is 149 Å². The van der Waals surface area contributed by atoms with Crippen molar-refractivity contribution in [1.82, 2.24) is 10.2 Å². The Morgan fingerprint density at radius 1 is 1.16 bits per heavy atom. The minimum atomic E-state index is -0.263. The van der Waals surface area contributed by atoms with Gasteiger partial charge in [0.15, 0.2) is 0 Å². The maximum absolute atomic E-state index is 13.2. The van der Waals surface area contributed by atoms with Crippen molar-refractivity contribution < 1.29 is 13.6 Å². The van der Waals surface area contributed by atoms with Gasteiger partial charge in [-0.25, -0.2) is 9.18 Å². The third-order valence-corrected chi connectivity index (χ3v) is 4.58. The van der Waals surface area contributed by atoms with Crippen LogP contribution in [-0.4, -0.2) is 17.5 Å². The van der Waals surface area contributed by atoms with Crippen LogP contribution in [0, 0.1) is 5.82 Å². The largest absolute Gasteiger partial charge is 0.467 e. The van der Waals surface area contributed by atoms with Gasteiger partial charge in [-0.15, -0.1) is 11.3 Å². The summed E-state index contributed by atoms with van der Waals surface area (Å²) in [5.41, 5.74) is 0.858. The molecule has 0 spiro atoms. The van der Waals surface area contributed by atoms with E-state index in [0.717, 1.165) is 16.2 Å². The minimum Gasteiger partial charge on any atom is -0.467 e. The molecule has 2 amide bonds. The smallest absolute Gasteiger partial charge is 0.318 e. The first-order valence-corrected chi connectivity index (χ1v) is 8.90. The zero-order chi connectivity index (χ0) is 17.5. The lowest BCUT2D eigenvalue weighted by molar-refractivity contribution is 0.188. The first-order chi connectivity index (χ1) is 12.2. The lowest BCUT2D eigenvalue weighted by atomic mass is 10.1. The summed E-state index contributed by atoms with van der Waals surface area (Å²) >= 11 is 1.61. The van der Waals surface area contributed by atoms with Gasteiger partial charge in [0.05, 0.1) is 19.4 Å². The van der Waals surface area contributed by atoms with Crippen LogP contribution in [0.15, 0.2) is 64.6 Å². The molecule has 3 rings (SSSR count). The molecule has 2 aromatic heterocycles. The number of thiophene rings is 1. The van der Waals surface area contributed by atoms with Crippen LogP contribution in [0.1, 0.15) is 16.2 Å². The molecule has 1 aromatic carbocycles. The Balaban J connectivity index is 1.58. The lowest BCUT2D eigenvalue weighted by Crippen LogP contribution is -2.39. The van der Waals surface area contributed by atoms with Crippen LogP contribution in [0.2, 0.25) is 0 Å². The molecule has 3 aromatic rings. The fourth-order valence-electron chi connectivity index (χ4n) is 2.50. The lowest BCUT2D eigenvalue weighted by Gasteiger charge is -2.21. The molecule has 130 valence electrons. The molecule has 0 fully saturated rings. The summed E-state index contributed by atoms with van der Waals surface area (Å²) < 4.78 is 18.6. The van der Waals surface area contributed by atoms with E-state index < -0.39 is 0 Å². The van der Waals surface area contributed by atoms with Crippen LogP contribution in [0.4, 0.5) is 9.18 Å². The third-order valence-electron chi connectivity index (χ3n) is 3.72. The number of urea groups is 1. The highest BCUT2D eigenvalue weighted by Crippen LogP contribution is 2.15. The zero-order valence-electron chi connectivity index (χ0n) is 13.7. The van der Waals surface area contributed by atoms with Crippen LogP contribution >= 0.6 is 11.3 Å². The second-order valence-corrected chi connectivity index (χ2v) is 6.66. The van der Waals surface area contributed by atoms with Crippen molar-refractivity contribution in [2.45, 2.75) is 19.5 Å². The molecule has 0 atom stereocenters. The van der Waals surface area contributed by atoms with Crippen molar-refractivity contribution in [2.24, 2.45) is 0 Å². The Hall–Kier alpha value is -2.60. The fraction of sp³-hybridized carbons (Fsp3) is 0.211. The SMILES string of the molecule is O=C(NCCc1cccc(F)c1)N(Cc1ccco1)Cc1cccs1. The van der Waals surface area contributed by atoms with E-state index in [4.69, 9.17) is 4.42 Å². The molecule has 0 radical (unpaired) electrons. The normalized spacial score (nSPS) is 10.6. The summed E-state index contributed by atoms with van der Waals surface area (Å²) in [5.74, 6) is 0.470. The van der Waals surface area contributed by atoms with E-state index in [-0.39, 0.29) is 11.8 Å². The van der Waals surface area contributed by atoms with Gasteiger partial charge in [0, 0.05) is 11.4 Å². The maximum Gasteiger partial charge on any atom is 0.318 e. The van der Waals surface area contributed by atoms with Gasteiger partial charge in [0.25, 0.3) is 0 Å². The monoisotopic (exact) mass is 358 g/mol. The Morgan fingerprint density at radius 2 is 2.08 bits per heavy atom. The van der Waals surface area contributed by atoms with E-state index in [9.17, 15) is 9.18 Å². The number of carbonyl (C=O) groups excluding carboxylic acids is 1. The number of furan rings is 1. The van der Waals surface area contributed by atoms with Gasteiger partial charge in [-0.1, -0.05) is 18.2 Å². The van der Waals surface area contributed by atoms with Crippen molar-refractivity contribution >= 4 is 17.4 Å². The number of hydrogen-bond donors (Lipinski definition) is 1. The highest BCUT2D eigenvalue weighted by Gasteiger charge is 2.16. The van der Waals surface area contributed by atoms with Crippen molar-refractivity contribution in [2.75, 3.05) is 6.54 Å². The zero-order valence-corrected chi connectivity index (χ0v) is 14.5. The number of hydrogen-bond acceptors (Lipinski definition) is 3. The van der Waals surface area contributed by atoms with Gasteiger partial charge in [-0.2, -0.15) is 0 Å². The van der Waals surface area contributed by atoms with E-state index in [0.29, 0.717) is 26.1 Å². The molecule has 4 nitrogen and oxygen atoms in total. The highest BCUT2D eigenvalue weighted by molar-refractivity contribution is 7.09. The van der Waals surface area contributed by atoms with Crippen LogP contribution < -0.4 is 5.32 Å². The molecular formula is C19H19FN2O2S. The van der Waals surface area contributed by atoms with E-state index in [1.807, 2.05) is 29.6 Å². The second kappa shape index (κ2) is 8.48. The number of carbonyl (C=O) groups is 1. The number of benzene rings is 1. The summed E-state index contributed by atoms with van der Waals surface area (Å²) in [6, 6.07) is 13.9. The molecule has 0 aliphatic heterocycles. The summed E-state index contributed by atoms with van der Waals surface area (Å²) in [7, 11) is 0. The van der Waals surface area contributed by atoms with E-state index in [2.05, 4.69) is 5.32 Å². The van der Waals surface area contributed by atoms with Gasteiger partial charge < -0.3 is 14.6 Å². The molecule has 0 aliphatic carbocycles. The predicted octanol–water partition coefficient (Wildman–Crippen LogP) is 4.43. The van der Waals surface area contributed by atoms with E-state index >= 15 is 0 Å². The van der Waals surface area contributed by atoms with Crippen LogP contribution in [0.3, 0.4) is 0 Å². The van der Waals surface area contributed by atoms with Crippen LogP contribution in [-0.2, 0) is 19.5 Å². The fourth-order valence-corrected chi connectivity index (χ4v) is 3.22. The number of amides is 2. The Bertz CT molecular complexity index is 751. The van der Waals surface area contributed by atoms with Gasteiger partial charge in [-0.05, 0) is 47.7 Å². The van der Waals surface area contributed by atoms with Gasteiger partial charge in [0.2, 0.25) is 0 Å². The predicted molar refractivity (Wildman–Crippen MR) is 95.8 cm³/mol. The maximum atomic E-state index is 13.2. The molecule has 0 bridgehead atoms. The van der Waals surface area contributed by atoms with Crippen molar-refractivity contribution in [1.29, 1.82) is 0 Å². The highest BCUT2D eigenvalue weighted by atomic mass is 32.1. The quantitative estimate of drug-likeness (QED) is 0.679. The van der Waals surface area contributed by atoms with E-state index in [1.165, 1.54) is 12.1 Å². The van der Waals surface area contributed by atoms with Gasteiger partial charge in [-0.3, -0.25) is 0 Å². The number of rotatable bonds is 7. The first kappa shape index (κ1) is 17.2. The van der Waals surface area contributed by atoms with Gasteiger partial charge in [0.1, 0.15) is 11.6 Å². The number of nitrogens with zero attached hydrogens (tertiary/aromatic N) is 1. The summed E-state index contributed by atoms with van der Waals surface area (Å²) in [6.45, 7) is 1.36. The molecule has 0 saturated heterocycles. The molecule has 0 unspecified atom stereocenters. The standard InChI is InChI=1S/C19H19FN2O2S/c20-16-5-1-4-15(12-16)8-9-21-19(23)22(13-17-6-2-10-24-17)14-18-7-3-11-25-18/h1-7,10-12H,8-9,13-14H2,(H,21,23). The first-order valence-electron chi connectivity index (χ1n) is 8.03. The summed E-state index contributed by atoms with van der Waals surface area (Å²) in [6.07, 6.45) is 2.18. The third kappa shape index (κ3) is 5.19. The Kier molecular flexibility index (Phi) is 5.85. The molecule has 25 heavy (non-hydrogen) atoms. The molecule has 0 saturated carbocycles. The topological polar surface area (TPSA) is 45.5 Å². The van der Waals surface area contributed by atoms with Crippen LogP contribution in [0.25, 0.3) is 0 Å². The summed E-state index contributed by atoms with van der Waals surface area (Å²) in [4.78, 5) is 15.4. The molecule has 0 aliphatic rings. The molecule has 6 heteroatoms. The van der Waals surface area contributed by atoms with E-state index in [1.54, 1.807) is 34.6 Å². The molecule has 2 heterocycles. The minimum absolute atomic E-state index is 0.166.